The molecule has 2 aliphatic carbocycles. The molecule has 12 rings (SSSR count). The van der Waals surface area contributed by atoms with Crippen molar-refractivity contribution < 1.29 is 16.8 Å². The van der Waals surface area contributed by atoms with Crippen LogP contribution in [0.3, 0.4) is 0 Å². The molecule has 2 aliphatic rings. The van der Waals surface area contributed by atoms with E-state index in [9.17, 15) is 0 Å². The third-order valence-electron chi connectivity index (χ3n) is 11.4. The van der Waals surface area contributed by atoms with E-state index in [-0.39, 0.29) is 46.2 Å². The molecular formula is C53H33N3O. The minimum atomic E-state index is -0.949. The molecule has 1 spiro atoms. The summed E-state index contributed by atoms with van der Waals surface area (Å²) in [6, 6.07) is 39.4. The van der Waals surface area contributed by atoms with Crippen molar-refractivity contribution >= 4 is 21.9 Å². The quantitative estimate of drug-likeness (QED) is 0.181. The third kappa shape index (κ3) is 4.53. The second kappa shape index (κ2) is 12.0. The Morgan fingerprint density at radius 1 is 0.474 bits per heavy atom. The first-order chi connectivity index (χ1) is 31.9. The lowest BCUT2D eigenvalue weighted by Gasteiger charge is -2.35. The molecule has 57 heavy (non-hydrogen) atoms. The molecule has 0 amide bonds. The Kier molecular flexibility index (Phi) is 5.10. The highest BCUT2D eigenvalue weighted by atomic mass is 16.3. The maximum absolute atomic E-state index is 9.08. The normalized spacial score (nSPS) is 17.0. The summed E-state index contributed by atoms with van der Waals surface area (Å²) >= 11 is 0. The fourth-order valence-electron chi connectivity index (χ4n) is 9.17. The summed E-state index contributed by atoms with van der Waals surface area (Å²) in [5, 5.41) is 2.01. The third-order valence-corrected chi connectivity index (χ3v) is 11.4. The van der Waals surface area contributed by atoms with Crippen molar-refractivity contribution in [1.29, 1.82) is 0 Å². The number of hydrogen-bond donors (Lipinski definition) is 0. The van der Waals surface area contributed by atoms with E-state index in [4.69, 9.17) is 26.7 Å². The number of aromatic nitrogens is 3. The summed E-state index contributed by atoms with van der Waals surface area (Å²) in [7, 11) is 0. The van der Waals surface area contributed by atoms with Crippen molar-refractivity contribution in [2.24, 2.45) is 0 Å². The van der Waals surface area contributed by atoms with Crippen LogP contribution in [0, 0.1) is 6.92 Å². The minimum Gasteiger partial charge on any atom is -0.456 e. The van der Waals surface area contributed by atoms with Crippen LogP contribution in [0.5, 0.6) is 0 Å². The molecule has 2 heterocycles. The fourth-order valence-corrected chi connectivity index (χ4v) is 9.17. The van der Waals surface area contributed by atoms with E-state index in [2.05, 4.69) is 89.9 Å². The van der Waals surface area contributed by atoms with E-state index >= 15 is 0 Å². The predicted octanol–water partition coefficient (Wildman–Crippen LogP) is 13.1. The van der Waals surface area contributed by atoms with Gasteiger partial charge >= 0.3 is 0 Å². The molecule has 0 fully saturated rings. The highest BCUT2D eigenvalue weighted by molar-refractivity contribution is 6.16. The minimum absolute atomic E-state index is 0.0475. The van der Waals surface area contributed by atoms with Crippen LogP contribution in [0.15, 0.2) is 186 Å². The molecule has 2 aromatic heterocycles. The van der Waals surface area contributed by atoms with E-state index in [1.165, 1.54) is 6.92 Å². The van der Waals surface area contributed by atoms with Crippen LogP contribution in [0.4, 0.5) is 0 Å². The van der Waals surface area contributed by atoms with E-state index < -0.39 is 47.7 Å². The van der Waals surface area contributed by atoms with Gasteiger partial charge in [0, 0.05) is 27.5 Å². The second-order valence-corrected chi connectivity index (χ2v) is 14.4. The number of rotatable bonds is 3. The molecule has 4 heteroatoms. The number of nitrogens with zero attached hydrogens (tertiary/aromatic N) is 3. The molecule has 266 valence electrons. The standard InChI is InChI=1S/C53H33N3O/c1-32-14-13-17-34(30-32)51-54-50(33-15-3-2-4-16-33)55-52(56-51)35-26-27-39-37-19-6-5-18-36(37)38-20-7-10-23-42(38)53(45(39)31-35)43-24-11-8-21-40(43)48-44(53)28-29-47-49(48)41-22-9-12-25-46(41)57-47/h2-31H,1H3/i2D,3D,4D,13D,14D,15D,16D,17D,30D. The summed E-state index contributed by atoms with van der Waals surface area (Å²) in [6.45, 7) is 1.52. The van der Waals surface area contributed by atoms with Gasteiger partial charge in [0.05, 0.1) is 17.8 Å². The Bertz CT molecular complexity index is 3660. The van der Waals surface area contributed by atoms with Crippen molar-refractivity contribution in [3.8, 4) is 67.5 Å². The highest BCUT2D eigenvalue weighted by Gasteiger charge is 2.50. The van der Waals surface area contributed by atoms with E-state index in [1.807, 2.05) is 42.5 Å². The van der Waals surface area contributed by atoms with Crippen molar-refractivity contribution in [2.75, 3.05) is 0 Å². The smallest absolute Gasteiger partial charge is 0.164 e. The summed E-state index contributed by atoms with van der Waals surface area (Å²) in [4.78, 5) is 14.4. The topological polar surface area (TPSA) is 51.8 Å². The largest absolute Gasteiger partial charge is 0.456 e. The van der Waals surface area contributed by atoms with Crippen LogP contribution in [0.25, 0.3) is 89.5 Å². The molecule has 0 aliphatic heterocycles. The van der Waals surface area contributed by atoms with Gasteiger partial charge in [-0.1, -0.05) is 163 Å². The summed E-state index contributed by atoms with van der Waals surface area (Å²) < 4.78 is 84.8. The zero-order valence-corrected chi connectivity index (χ0v) is 30.4. The average molecular weight is 737 g/mol. The van der Waals surface area contributed by atoms with Crippen molar-refractivity contribution in [1.82, 2.24) is 15.0 Å². The molecule has 0 saturated heterocycles. The lowest BCUT2D eigenvalue weighted by molar-refractivity contribution is 0.668. The summed E-state index contributed by atoms with van der Waals surface area (Å²) in [5.74, 6) is -0.429. The number of furan rings is 1. The summed E-state index contributed by atoms with van der Waals surface area (Å²) in [6.07, 6.45) is 0. The highest BCUT2D eigenvalue weighted by Crippen LogP contribution is 2.63. The van der Waals surface area contributed by atoms with Gasteiger partial charge in [-0.15, -0.1) is 0 Å². The monoisotopic (exact) mass is 736 g/mol. The number of benzene rings is 8. The Hall–Kier alpha value is -7.43. The van der Waals surface area contributed by atoms with Crippen LogP contribution in [-0.4, -0.2) is 15.0 Å². The molecule has 0 saturated carbocycles. The summed E-state index contributed by atoms with van der Waals surface area (Å²) in [5.41, 5.74) is 11.0. The Labute approximate surface area is 342 Å². The Balaban J connectivity index is 1.23. The van der Waals surface area contributed by atoms with Crippen molar-refractivity contribution in [3.05, 3.63) is 210 Å². The SMILES string of the molecule is [2H]c1c([2H])c([2H])c(-c2nc(-c3ccc4c(c3)C3(c5ccccc5-c5ccccc5-4)c4ccccc4-c4c3ccc3oc5ccccc5c43)nc(-c3c([2H])c([2H])c([2H])c(C)c3[2H])n2)c([2H])c1[2H]. The van der Waals surface area contributed by atoms with Gasteiger partial charge in [-0.2, -0.15) is 0 Å². The zero-order chi connectivity index (χ0) is 45.5. The van der Waals surface area contributed by atoms with Gasteiger partial charge in [-0.25, -0.2) is 15.0 Å². The maximum atomic E-state index is 9.08. The molecule has 0 bridgehead atoms. The predicted molar refractivity (Wildman–Crippen MR) is 230 cm³/mol. The van der Waals surface area contributed by atoms with Crippen LogP contribution in [0.1, 0.15) is 40.2 Å². The van der Waals surface area contributed by atoms with Crippen molar-refractivity contribution in [2.45, 2.75) is 12.3 Å². The van der Waals surface area contributed by atoms with Crippen LogP contribution < -0.4 is 0 Å². The lowest BCUT2D eigenvalue weighted by Crippen LogP contribution is -2.29. The van der Waals surface area contributed by atoms with Gasteiger partial charge in [0.25, 0.3) is 0 Å². The number of hydrogen-bond acceptors (Lipinski definition) is 4. The van der Waals surface area contributed by atoms with E-state index in [0.717, 1.165) is 77.6 Å². The number of fused-ring (bicyclic) bond motifs is 16. The van der Waals surface area contributed by atoms with Crippen LogP contribution in [0.2, 0.25) is 0 Å². The first-order valence-corrected chi connectivity index (χ1v) is 18.7. The second-order valence-electron chi connectivity index (χ2n) is 14.4. The van der Waals surface area contributed by atoms with Gasteiger partial charge in [0.15, 0.2) is 17.5 Å². The van der Waals surface area contributed by atoms with E-state index in [0.29, 0.717) is 5.56 Å². The van der Waals surface area contributed by atoms with E-state index in [1.54, 1.807) is 0 Å². The molecular weight excluding hydrogens is 695 g/mol. The van der Waals surface area contributed by atoms with Gasteiger partial charge in [0.2, 0.25) is 0 Å². The van der Waals surface area contributed by atoms with Crippen LogP contribution >= 0.6 is 0 Å². The first-order valence-electron chi connectivity index (χ1n) is 23.2. The molecule has 1 atom stereocenters. The van der Waals surface area contributed by atoms with Gasteiger partial charge < -0.3 is 4.42 Å². The molecule has 0 radical (unpaired) electrons. The fraction of sp³-hybridized carbons (Fsp3) is 0.0377. The Morgan fingerprint density at radius 3 is 1.88 bits per heavy atom. The van der Waals surface area contributed by atoms with Crippen molar-refractivity contribution in [3.63, 3.8) is 0 Å². The average Bonchev–Trinajstić information content (AvgIpc) is 3.84. The van der Waals surface area contributed by atoms with Crippen LogP contribution in [-0.2, 0) is 5.41 Å². The van der Waals surface area contributed by atoms with Gasteiger partial charge in [-0.3, -0.25) is 0 Å². The Morgan fingerprint density at radius 2 is 1.09 bits per heavy atom. The maximum Gasteiger partial charge on any atom is 0.164 e. The number of para-hydroxylation sites is 1. The molecule has 0 N–H and O–H groups in total. The van der Waals surface area contributed by atoms with Gasteiger partial charge in [-0.05, 0) is 86.8 Å². The molecule has 1 unspecified atom stereocenters. The molecule has 8 aromatic carbocycles. The molecule has 10 aromatic rings. The lowest BCUT2D eigenvalue weighted by atomic mass is 9.65. The first kappa shape index (κ1) is 24.2. The molecule has 4 nitrogen and oxygen atoms in total. The zero-order valence-electron chi connectivity index (χ0n) is 39.4. The van der Waals surface area contributed by atoms with Gasteiger partial charge in [0.1, 0.15) is 11.2 Å².